The number of nitrogens with two attached hydrogens (primary N) is 1. The fourth-order valence-corrected chi connectivity index (χ4v) is 2.77. The van der Waals surface area contributed by atoms with E-state index in [2.05, 4.69) is 0 Å². The lowest BCUT2D eigenvalue weighted by molar-refractivity contribution is 0.307. The number of hydrogen-bond donors (Lipinski definition) is 3. The summed E-state index contributed by atoms with van der Waals surface area (Å²) in [6, 6.07) is 9.60. The molecule has 0 heterocycles. The van der Waals surface area contributed by atoms with Crippen molar-refractivity contribution in [2.24, 2.45) is 5.73 Å². The van der Waals surface area contributed by atoms with E-state index in [9.17, 15) is 14.4 Å². The van der Waals surface area contributed by atoms with Gasteiger partial charge in [0.05, 0.1) is 0 Å². The minimum Gasteiger partial charge on any atom is -0.323 e. The fourth-order valence-electron chi connectivity index (χ4n) is 1.85. The standard InChI is InChI=1S/C12H20NO3P/c1-2-9-12(13,17(14,15)16)10-8-11-6-4-3-5-7-11/h3-7H,2,8-10,13H2,1H3,(H2,14,15,16). The molecule has 0 aliphatic carbocycles. The van der Waals surface area contributed by atoms with Crippen LogP contribution in [0.2, 0.25) is 0 Å². The molecule has 1 aromatic rings. The van der Waals surface area contributed by atoms with Crippen LogP contribution in [-0.2, 0) is 11.0 Å². The molecule has 1 unspecified atom stereocenters. The van der Waals surface area contributed by atoms with Crippen molar-refractivity contribution in [2.75, 3.05) is 0 Å². The molecule has 0 saturated heterocycles. The van der Waals surface area contributed by atoms with E-state index in [1.54, 1.807) is 0 Å². The van der Waals surface area contributed by atoms with Crippen LogP contribution in [0.1, 0.15) is 31.7 Å². The Hall–Kier alpha value is -0.670. The Morgan fingerprint density at radius 2 is 1.82 bits per heavy atom. The lowest BCUT2D eigenvalue weighted by atomic mass is 10.0. The highest BCUT2D eigenvalue weighted by Crippen LogP contribution is 2.51. The monoisotopic (exact) mass is 257 g/mol. The van der Waals surface area contributed by atoms with Crippen molar-refractivity contribution in [3.63, 3.8) is 0 Å². The summed E-state index contributed by atoms with van der Waals surface area (Å²) in [5.74, 6) is 0. The molecule has 0 aromatic heterocycles. The van der Waals surface area contributed by atoms with Crippen LogP contribution < -0.4 is 5.73 Å². The maximum absolute atomic E-state index is 11.4. The highest BCUT2D eigenvalue weighted by Gasteiger charge is 2.41. The number of benzene rings is 1. The molecule has 4 nitrogen and oxygen atoms in total. The molecule has 0 aliphatic rings. The van der Waals surface area contributed by atoms with Crippen LogP contribution >= 0.6 is 7.60 Å². The Kier molecular flexibility index (Phi) is 4.90. The molecular weight excluding hydrogens is 237 g/mol. The molecule has 0 spiro atoms. The summed E-state index contributed by atoms with van der Waals surface area (Å²) in [4.78, 5) is 18.7. The van der Waals surface area contributed by atoms with Gasteiger partial charge in [-0.05, 0) is 24.8 Å². The lowest BCUT2D eigenvalue weighted by Gasteiger charge is -2.29. The van der Waals surface area contributed by atoms with Gasteiger partial charge in [-0.15, -0.1) is 0 Å². The van der Waals surface area contributed by atoms with Crippen molar-refractivity contribution in [3.8, 4) is 0 Å². The molecule has 1 aromatic carbocycles. The van der Waals surface area contributed by atoms with Crippen LogP contribution in [0.3, 0.4) is 0 Å². The van der Waals surface area contributed by atoms with Crippen molar-refractivity contribution >= 4 is 7.60 Å². The van der Waals surface area contributed by atoms with Gasteiger partial charge in [0.25, 0.3) is 0 Å². The van der Waals surface area contributed by atoms with Crippen molar-refractivity contribution in [2.45, 2.75) is 37.9 Å². The first-order valence-electron chi connectivity index (χ1n) is 5.77. The maximum atomic E-state index is 11.4. The first-order valence-corrected chi connectivity index (χ1v) is 7.39. The molecule has 0 bridgehead atoms. The van der Waals surface area contributed by atoms with Gasteiger partial charge < -0.3 is 15.5 Å². The van der Waals surface area contributed by atoms with E-state index in [-0.39, 0.29) is 0 Å². The van der Waals surface area contributed by atoms with Crippen LogP contribution in [0.25, 0.3) is 0 Å². The van der Waals surface area contributed by atoms with Gasteiger partial charge in [0.1, 0.15) is 5.28 Å². The van der Waals surface area contributed by atoms with Crippen LogP contribution in [0.15, 0.2) is 30.3 Å². The van der Waals surface area contributed by atoms with Crippen molar-refractivity contribution in [3.05, 3.63) is 35.9 Å². The van der Waals surface area contributed by atoms with Crippen LogP contribution in [0.4, 0.5) is 0 Å². The fraction of sp³-hybridized carbons (Fsp3) is 0.500. The molecule has 4 N–H and O–H groups in total. The molecule has 0 radical (unpaired) electrons. The Bertz CT molecular complexity index is 390. The van der Waals surface area contributed by atoms with E-state index >= 15 is 0 Å². The number of rotatable bonds is 6. The summed E-state index contributed by atoms with van der Waals surface area (Å²) in [5.41, 5.74) is 6.92. The number of aryl methyl sites for hydroxylation is 1. The summed E-state index contributed by atoms with van der Waals surface area (Å²) in [7, 11) is -4.26. The largest absolute Gasteiger partial charge is 0.345 e. The summed E-state index contributed by atoms with van der Waals surface area (Å²) in [6.07, 6.45) is 1.89. The van der Waals surface area contributed by atoms with Crippen LogP contribution in [-0.4, -0.2) is 15.1 Å². The molecule has 0 saturated carbocycles. The lowest BCUT2D eigenvalue weighted by Crippen LogP contribution is -2.39. The number of hydrogen-bond acceptors (Lipinski definition) is 2. The van der Waals surface area contributed by atoms with E-state index < -0.39 is 12.9 Å². The second kappa shape index (κ2) is 5.78. The first-order chi connectivity index (χ1) is 7.89. The normalized spacial score (nSPS) is 15.5. The molecule has 0 aliphatic heterocycles. The third kappa shape index (κ3) is 3.93. The van der Waals surface area contributed by atoms with Gasteiger partial charge >= 0.3 is 7.60 Å². The Morgan fingerprint density at radius 3 is 2.29 bits per heavy atom. The van der Waals surface area contributed by atoms with Gasteiger partial charge in [0.15, 0.2) is 0 Å². The summed E-state index contributed by atoms with van der Waals surface area (Å²) in [6.45, 7) is 1.87. The summed E-state index contributed by atoms with van der Waals surface area (Å²) in [5, 5.41) is -1.39. The second-order valence-electron chi connectivity index (χ2n) is 4.38. The molecule has 5 heteroatoms. The van der Waals surface area contributed by atoms with E-state index in [0.29, 0.717) is 25.7 Å². The SMILES string of the molecule is CCCC(N)(CCc1ccccc1)P(=O)(O)O. The quantitative estimate of drug-likeness (QED) is 0.682. The molecule has 0 amide bonds. The molecule has 1 atom stereocenters. The second-order valence-corrected chi connectivity index (χ2v) is 6.36. The summed E-state index contributed by atoms with van der Waals surface area (Å²) >= 11 is 0. The highest BCUT2D eigenvalue weighted by atomic mass is 31.2. The third-order valence-electron chi connectivity index (χ3n) is 2.95. The van der Waals surface area contributed by atoms with E-state index in [4.69, 9.17) is 5.73 Å². The molecule has 96 valence electrons. The molecule has 17 heavy (non-hydrogen) atoms. The highest BCUT2D eigenvalue weighted by molar-refractivity contribution is 7.53. The Balaban J connectivity index is 2.72. The Labute approximate surface area is 102 Å². The van der Waals surface area contributed by atoms with Gasteiger partial charge in [-0.2, -0.15) is 0 Å². The Morgan fingerprint density at radius 1 is 1.24 bits per heavy atom. The van der Waals surface area contributed by atoms with Gasteiger partial charge in [-0.3, -0.25) is 4.57 Å². The smallest absolute Gasteiger partial charge is 0.323 e. The van der Waals surface area contributed by atoms with Crippen molar-refractivity contribution in [1.29, 1.82) is 0 Å². The van der Waals surface area contributed by atoms with E-state index in [0.717, 1.165) is 5.56 Å². The molecule has 1 rings (SSSR count). The van der Waals surface area contributed by atoms with E-state index in [1.165, 1.54) is 0 Å². The van der Waals surface area contributed by atoms with Gasteiger partial charge in [0, 0.05) is 0 Å². The first kappa shape index (κ1) is 14.4. The minimum absolute atomic E-state index is 0.301. The van der Waals surface area contributed by atoms with Crippen molar-refractivity contribution in [1.82, 2.24) is 0 Å². The average molecular weight is 257 g/mol. The zero-order valence-corrected chi connectivity index (χ0v) is 10.9. The predicted octanol–water partition coefficient (Wildman–Crippen LogP) is 2.25. The minimum atomic E-state index is -4.26. The maximum Gasteiger partial charge on any atom is 0.345 e. The van der Waals surface area contributed by atoms with Crippen LogP contribution in [0.5, 0.6) is 0 Å². The van der Waals surface area contributed by atoms with Gasteiger partial charge in [0.2, 0.25) is 0 Å². The zero-order chi connectivity index (χ0) is 12.9. The van der Waals surface area contributed by atoms with Crippen LogP contribution in [0, 0.1) is 0 Å². The van der Waals surface area contributed by atoms with Gasteiger partial charge in [-0.25, -0.2) is 0 Å². The predicted molar refractivity (Wildman–Crippen MR) is 68.6 cm³/mol. The third-order valence-corrected chi connectivity index (χ3v) is 4.56. The summed E-state index contributed by atoms with van der Waals surface area (Å²) < 4.78 is 11.4. The zero-order valence-electron chi connectivity index (χ0n) is 10.0. The topological polar surface area (TPSA) is 83.6 Å². The average Bonchev–Trinajstić information content (AvgIpc) is 2.27. The van der Waals surface area contributed by atoms with Crippen molar-refractivity contribution < 1.29 is 14.4 Å². The van der Waals surface area contributed by atoms with E-state index in [1.807, 2.05) is 37.3 Å². The van der Waals surface area contributed by atoms with Gasteiger partial charge in [-0.1, -0.05) is 43.7 Å². The molecular formula is C12H20NO3P. The molecule has 0 fully saturated rings.